The van der Waals surface area contributed by atoms with Crippen molar-refractivity contribution in [2.24, 2.45) is 12.0 Å². The molecule has 154 valence electrons. The van der Waals surface area contributed by atoms with Gasteiger partial charge in [0.25, 0.3) is 0 Å². The first kappa shape index (κ1) is 21.3. The van der Waals surface area contributed by atoms with E-state index in [0.29, 0.717) is 13.2 Å². The molecule has 1 unspecified atom stereocenters. The second-order valence-electron chi connectivity index (χ2n) is 6.77. The van der Waals surface area contributed by atoms with Gasteiger partial charge in [-0.3, -0.25) is 9.67 Å². The molecular weight excluding hydrogens is 481 g/mol. The van der Waals surface area contributed by atoms with E-state index in [1.165, 1.54) is 5.56 Å². The van der Waals surface area contributed by atoms with Gasteiger partial charge in [0, 0.05) is 51.3 Å². The van der Waals surface area contributed by atoms with Crippen molar-refractivity contribution < 1.29 is 4.74 Å². The lowest BCUT2D eigenvalue weighted by atomic mass is 10.1. The number of rotatable bonds is 4. The van der Waals surface area contributed by atoms with Gasteiger partial charge in [0.05, 0.1) is 25.0 Å². The molecule has 1 N–H and O–H groups in total. The van der Waals surface area contributed by atoms with Gasteiger partial charge in [-0.1, -0.05) is 12.1 Å². The van der Waals surface area contributed by atoms with Crippen LogP contribution < -0.4 is 5.32 Å². The van der Waals surface area contributed by atoms with Gasteiger partial charge >= 0.3 is 0 Å². The number of nitrogens with one attached hydrogen (secondary N) is 1. The monoisotopic (exact) mass is 507 g/mol. The number of nitrogens with zero attached hydrogens (tertiary/aromatic N) is 6. The minimum Gasteiger partial charge on any atom is -0.370 e. The SMILES string of the molecule is CN=C(NCc1ccc(-n2cccn2)cc1)N1CCOC(c2cnn(C)c2)C1.I. The molecule has 0 saturated carbocycles. The Kier molecular flexibility index (Phi) is 7.26. The van der Waals surface area contributed by atoms with E-state index in [9.17, 15) is 0 Å². The highest BCUT2D eigenvalue weighted by Crippen LogP contribution is 2.21. The fraction of sp³-hybridized carbons (Fsp3) is 0.350. The number of benzene rings is 1. The zero-order chi connectivity index (χ0) is 19.3. The van der Waals surface area contributed by atoms with Crippen LogP contribution in [0.5, 0.6) is 0 Å². The van der Waals surface area contributed by atoms with Crippen molar-refractivity contribution in [3.05, 3.63) is 66.2 Å². The first-order valence-electron chi connectivity index (χ1n) is 9.37. The molecule has 0 radical (unpaired) electrons. The van der Waals surface area contributed by atoms with Crippen molar-refractivity contribution in [1.82, 2.24) is 29.8 Å². The molecule has 1 fully saturated rings. The Hall–Kier alpha value is -2.40. The van der Waals surface area contributed by atoms with Gasteiger partial charge < -0.3 is 15.0 Å². The van der Waals surface area contributed by atoms with Crippen molar-refractivity contribution in [3.8, 4) is 5.69 Å². The molecule has 8 nitrogen and oxygen atoms in total. The molecule has 0 amide bonds. The van der Waals surface area contributed by atoms with Crippen LogP contribution in [0.1, 0.15) is 17.2 Å². The lowest BCUT2D eigenvalue weighted by Gasteiger charge is -2.34. The quantitative estimate of drug-likeness (QED) is 0.334. The van der Waals surface area contributed by atoms with Crippen molar-refractivity contribution in [1.29, 1.82) is 0 Å². The van der Waals surface area contributed by atoms with Crippen LogP contribution in [0.2, 0.25) is 0 Å². The van der Waals surface area contributed by atoms with Crippen molar-refractivity contribution in [2.75, 3.05) is 26.7 Å². The Balaban J connectivity index is 0.00000240. The largest absolute Gasteiger partial charge is 0.370 e. The van der Waals surface area contributed by atoms with Crippen molar-refractivity contribution >= 4 is 29.9 Å². The van der Waals surface area contributed by atoms with E-state index < -0.39 is 0 Å². The van der Waals surface area contributed by atoms with Crippen LogP contribution in [0.3, 0.4) is 0 Å². The molecule has 4 rings (SSSR count). The minimum atomic E-state index is 0. The molecule has 2 aromatic heterocycles. The molecule has 1 aromatic carbocycles. The van der Waals surface area contributed by atoms with Crippen molar-refractivity contribution in [2.45, 2.75) is 12.6 Å². The van der Waals surface area contributed by atoms with Crippen LogP contribution in [0, 0.1) is 0 Å². The fourth-order valence-electron chi connectivity index (χ4n) is 3.35. The fourth-order valence-corrected chi connectivity index (χ4v) is 3.35. The number of ether oxygens (including phenoxy) is 1. The van der Waals surface area contributed by atoms with E-state index in [0.717, 1.165) is 30.3 Å². The molecule has 1 aliphatic heterocycles. The molecule has 3 aromatic rings. The Morgan fingerprint density at radius 2 is 2.10 bits per heavy atom. The maximum Gasteiger partial charge on any atom is 0.194 e. The molecule has 0 spiro atoms. The summed E-state index contributed by atoms with van der Waals surface area (Å²) in [6.07, 6.45) is 7.60. The summed E-state index contributed by atoms with van der Waals surface area (Å²) in [5.74, 6) is 0.883. The highest BCUT2D eigenvalue weighted by molar-refractivity contribution is 14.0. The van der Waals surface area contributed by atoms with Crippen LogP contribution >= 0.6 is 24.0 Å². The predicted octanol–water partition coefficient (Wildman–Crippen LogP) is 2.37. The molecule has 1 atom stereocenters. The lowest BCUT2D eigenvalue weighted by Crippen LogP contribution is -2.47. The van der Waals surface area contributed by atoms with E-state index in [4.69, 9.17) is 4.74 Å². The van der Waals surface area contributed by atoms with Gasteiger partial charge in [-0.05, 0) is 23.8 Å². The second kappa shape index (κ2) is 9.88. The zero-order valence-electron chi connectivity index (χ0n) is 16.6. The first-order chi connectivity index (χ1) is 13.7. The predicted molar refractivity (Wildman–Crippen MR) is 123 cm³/mol. The molecule has 3 heterocycles. The van der Waals surface area contributed by atoms with Crippen LogP contribution in [0.4, 0.5) is 0 Å². The molecule has 0 bridgehead atoms. The summed E-state index contributed by atoms with van der Waals surface area (Å²) in [6.45, 7) is 2.94. The second-order valence-corrected chi connectivity index (χ2v) is 6.77. The number of hydrogen-bond donors (Lipinski definition) is 1. The van der Waals surface area contributed by atoms with Crippen LogP contribution in [-0.4, -0.2) is 57.2 Å². The average molecular weight is 507 g/mol. The summed E-state index contributed by atoms with van der Waals surface area (Å²) in [6, 6.07) is 10.3. The van der Waals surface area contributed by atoms with E-state index in [-0.39, 0.29) is 30.1 Å². The van der Waals surface area contributed by atoms with Gasteiger partial charge in [-0.25, -0.2) is 4.68 Å². The summed E-state index contributed by atoms with van der Waals surface area (Å²) in [7, 11) is 3.74. The molecular formula is C20H26IN7O. The van der Waals surface area contributed by atoms with E-state index >= 15 is 0 Å². The Bertz CT molecular complexity index is 921. The lowest BCUT2D eigenvalue weighted by molar-refractivity contribution is -0.00805. The number of aryl methyl sites for hydroxylation is 1. The van der Waals surface area contributed by atoms with E-state index in [2.05, 4.69) is 49.7 Å². The summed E-state index contributed by atoms with van der Waals surface area (Å²) in [5, 5.41) is 12.0. The molecule has 29 heavy (non-hydrogen) atoms. The average Bonchev–Trinajstić information content (AvgIpc) is 3.41. The van der Waals surface area contributed by atoms with Crippen LogP contribution in [0.25, 0.3) is 5.69 Å². The van der Waals surface area contributed by atoms with Crippen molar-refractivity contribution in [3.63, 3.8) is 0 Å². The van der Waals surface area contributed by atoms with Crippen LogP contribution in [-0.2, 0) is 18.3 Å². The number of aliphatic imine (C=N–C) groups is 1. The third kappa shape index (κ3) is 5.15. The summed E-state index contributed by atoms with van der Waals surface area (Å²) in [5.41, 5.74) is 3.33. The maximum absolute atomic E-state index is 5.93. The normalized spacial score (nSPS) is 17.1. The highest BCUT2D eigenvalue weighted by Gasteiger charge is 2.25. The number of aromatic nitrogens is 4. The Morgan fingerprint density at radius 1 is 1.28 bits per heavy atom. The standard InChI is InChI=1S/C20H25N7O.HI/c1-21-20(26-10-11-28-19(15-26)17-13-24-25(2)14-17)22-12-16-4-6-18(7-5-16)27-9-3-8-23-27;/h3-9,13-14,19H,10-12,15H2,1-2H3,(H,21,22);1H. The molecule has 1 saturated heterocycles. The Morgan fingerprint density at radius 3 is 2.76 bits per heavy atom. The van der Waals surface area contributed by atoms with E-state index in [1.54, 1.807) is 10.9 Å². The third-order valence-electron chi connectivity index (χ3n) is 4.83. The summed E-state index contributed by atoms with van der Waals surface area (Å²) < 4.78 is 9.58. The number of guanidine groups is 1. The number of halogens is 1. The third-order valence-corrected chi connectivity index (χ3v) is 4.83. The number of hydrogen-bond acceptors (Lipinski definition) is 4. The maximum atomic E-state index is 5.93. The number of morpholine rings is 1. The summed E-state index contributed by atoms with van der Waals surface area (Å²) >= 11 is 0. The van der Waals surface area contributed by atoms with Gasteiger partial charge in [0.2, 0.25) is 0 Å². The molecule has 0 aliphatic carbocycles. The van der Waals surface area contributed by atoms with Gasteiger partial charge in [-0.15, -0.1) is 24.0 Å². The Labute approximate surface area is 187 Å². The van der Waals surface area contributed by atoms with Gasteiger partial charge in [0.15, 0.2) is 5.96 Å². The van der Waals surface area contributed by atoms with E-state index in [1.807, 2.05) is 43.4 Å². The molecule has 1 aliphatic rings. The van der Waals surface area contributed by atoms with Gasteiger partial charge in [0.1, 0.15) is 6.10 Å². The summed E-state index contributed by atoms with van der Waals surface area (Å²) in [4.78, 5) is 6.69. The zero-order valence-corrected chi connectivity index (χ0v) is 18.9. The van der Waals surface area contributed by atoms with Crippen LogP contribution in [0.15, 0.2) is 60.1 Å². The molecule has 9 heteroatoms. The minimum absolute atomic E-state index is 0. The van der Waals surface area contributed by atoms with Gasteiger partial charge in [-0.2, -0.15) is 10.2 Å². The topological polar surface area (TPSA) is 72.5 Å². The highest BCUT2D eigenvalue weighted by atomic mass is 127. The first-order valence-corrected chi connectivity index (χ1v) is 9.37. The smallest absolute Gasteiger partial charge is 0.194 e.